The molecule has 7 nitrogen and oxygen atoms in total. The SMILES string of the molecule is Cl.NCCN1C(=O)CC[C@H]2CN(C(=O)c3ccc4c(c3)OCCO4)CC[C@H]21. The van der Waals surface area contributed by atoms with Gasteiger partial charge in [-0.2, -0.15) is 0 Å². The number of ether oxygens (including phenoxy) is 2. The van der Waals surface area contributed by atoms with Crippen LogP contribution in [-0.2, 0) is 4.79 Å². The summed E-state index contributed by atoms with van der Waals surface area (Å²) in [6, 6.07) is 5.58. The van der Waals surface area contributed by atoms with Crippen molar-refractivity contribution in [1.82, 2.24) is 9.80 Å². The number of halogens is 1. The highest BCUT2D eigenvalue weighted by Gasteiger charge is 2.40. The summed E-state index contributed by atoms with van der Waals surface area (Å²) in [5.41, 5.74) is 6.29. The summed E-state index contributed by atoms with van der Waals surface area (Å²) in [4.78, 5) is 29.0. The standard InChI is InChI=1S/C19H25N3O4.ClH/c20-6-8-22-15-5-7-21(12-14(15)2-4-18(22)23)19(24)13-1-3-16-17(11-13)26-10-9-25-16;/h1,3,11,14-15H,2,4-10,12,20H2;1H/t14-,15+;/m0./s1. The molecule has 2 atom stereocenters. The van der Waals surface area contributed by atoms with E-state index in [-0.39, 0.29) is 30.3 Å². The van der Waals surface area contributed by atoms with E-state index < -0.39 is 0 Å². The molecule has 0 aromatic heterocycles. The van der Waals surface area contributed by atoms with Gasteiger partial charge in [-0.05, 0) is 37.0 Å². The van der Waals surface area contributed by atoms with E-state index in [1.807, 2.05) is 9.80 Å². The van der Waals surface area contributed by atoms with Crippen LogP contribution in [0.2, 0.25) is 0 Å². The highest BCUT2D eigenvalue weighted by Crippen LogP contribution is 2.34. The third kappa shape index (κ3) is 3.84. The van der Waals surface area contributed by atoms with Gasteiger partial charge >= 0.3 is 0 Å². The minimum atomic E-state index is 0. The Kier molecular flexibility index (Phi) is 6.11. The lowest BCUT2D eigenvalue weighted by atomic mass is 9.83. The summed E-state index contributed by atoms with van der Waals surface area (Å²) in [7, 11) is 0. The van der Waals surface area contributed by atoms with E-state index in [2.05, 4.69) is 0 Å². The highest BCUT2D eigenvalue weighted by atomic mass is 35.5. The number of piperidine rings is 2. The number of hydrogen-bond donors (Lipinski definition) is 1. The van der Waals surface area contributed by atoms with E-state index in [1.165, 1.54) is 0 Å². The van der Waals surface area contributed by atoms with Crippen molar-refractivity contribution in [3.63, 3.8) is 0 Å². The Bertz CT molecular complexity index is 714. The van der Waals surface area contributed by atoms with Crippen molar-refractivity contribution in [2.45, 2.75) is 25.3 Å². The molecule has 0 radical (unpaired) electrons. The average molecular weight is 396 g/mol. The third-order valence-electron chi connectivity index (χ3n) is 5.59. The van der Waals surface area contributed by atoms with E-state index >= 15 is 0 Å². The van der Waals surface area contributed by atoms with Crippen molar-refractivity contribution >= 4 is 24.2 Å². The Morgan fingerprint density at radius 2 is 1.96 bits per heavy atom. The third-order valence-corrected chi connectivity index (χ3v) is 5.59. The molecule has 3 aliphatic heterocycles. The minimum Gasteiger partial charge on any atom is -0.486 e. The summed E-state index contributed by atoms with van der Waals surface area (Å²) >= 11 is 0. The summed E-state index contributed by atoms with van der Waals surface area (Å²) in [6.07, 6.45) is 2.20. The van der Waals surface area contributed by atoms with Crippen LogP contribution >= 0.6 is 12.4 Å². The molecule has 2 amide bonds. The summed E-state index contributed by atoms with van der Waals surface area (Å²) in [5.74, 6) is 1.87. The number of benzene rings is 1. The molecule has 3 aliphatic rings. The zero-order valence-electron chi connectivity index (χ0n) is 15.3. The van der Waals surface area contributed by atoms with Gasteiger partial charge < -0.3 is 25.0 Å². The van der Waals surface area contributed by atoms with Crippen LogP contribution in [0.1, 0.15) is 29.6 Å². The van der Waals surface area contributed by atoms with Crippen molar-refractivity contribution < 1.29 is 19.1 Å². The zero-order chi connectivity index (χ0) is 18.1. The minimum absolute atomic E-state index is 0. The zero-order valence-corrected chi connectivity index (χ0v) is 16.1. The molecule has 27 heavy (non-hydrogen) atoms. The Morgan fingerprint density at radius 1 is 1.19 bits per heavy atom. The molecule has 8 heteroatoms. The maximum atomic E-state index is 13.0. The fourth-order valence-electron chi connectivity index (χ4n) is 4.32. The number of likely N-dealkylation sites (tertiary alicyclic amines) is 2. The van der Waals surface area contributed by atoms with Crippen LogP contribution in [0.4, 0.5) is 0 Å². The first kappa shape index (κ1) is 19.8. The first-order valence-corrected chi connectivity index (χ1v) is 9.36. The van der Waals surface area contributed by atoms with Crippen LogP contribution < -0.4 is 15.2 Å². The maximum absolute atomic E-state index is 13.0. The van der Waals surface area contributed by atoms with Crippen LogP contribution in [0.3, 0.4) is 0 Å². The second-order valence-electron chi connectivity index (χ2n) is 7.14. The lowest BCUT2D eigenvalue weighted by Crippen LogP contribution is -2.57. The lowest BCUT2D eigenvalue weighted by Gasteiger charge is -2.47. The molecule has 4 rings (SSSR count). The Morgan fingerprint density at radius 3 is 2.74 bits per heavy atom. The van der Waals surface area contributed by atoms with Gasteiger partial charge in [0.05, 0.1) is 0 Å². The van der Waals surface area contributed by atoms with Crippen LogP contribution in [0.15, 0.2) is 18.2 Å². The van der Waals surface area contributed by atoms with Gasteiger partial charge in [-0.15, -0.1) is 12.4 Å². The predicted molar refractivity (Wildman–Crippen MR) is 102 cm³/mol. The molecule has 1 aromatic carbocycles. The van der Waals surface area contributed by atoms with Crippen molar-refractivity contribution in [3.8, 4) is 11.5 Å². The van der Waals surface area contributed by atoms with E-state index in [0.29, 0.717) is 68.8 Å². The van der Waals surface area contributed by atoms with E-state index in [4.69, 9.17) is 15.2 Å². The Balaban J connectivity index is 0.00000210. The van der Waals surface area contributed by atoms with Gasteiger partial charge in [-0.25, -0.2) is 0 Å². The molecule has 3 heterocycles. The van der Waals surface area contributed by atoms with Gasteiger partial charge in [0.25, 0.3) is 5.91 Å². The number of amides is 2. The number of carbonyl (C=O) groups excluding carboxylic acids is 2. The van der Waals surface area contributed by atoms with Gasteiger partial charge in [0.15, 0.2) is 11.5 Å². The topological polar surface area (TPSA) is 85.1 Å². The second kappa shape index (κ2) is 8.35. The second-order valence-corrected chi connectivity index (χ2v) is 7.14. The summed E-state index contributed by atoms with van der Waals surface area (Å²) in [5, 5.41) is 0. The van der Waals surface area contributed by atoms with Crippen molar-refractivity contribution in [2.24, 2.45) is 11.7 Å². The van der Waals surface area contributed by atoms with Crippen molar-refractivity contribution in [2.75, 3.05) is 39.4 Å². The molecular formula is C19H26ClN3O4. The summed E-state index contributed by atoms with van der Waals surface area (Å²) in [6.45, 7) is 3.47. The molecule has 2 fully saturated rings. The Hall–Kier alpha value is -1.99. The molecule has 0 saturated carbocycles. The number of fused-ring (bicyclic) bond motifs is 2. The molecule has 148 valence electrons. The van der Waals surface area contributed by atoms with E-state index in [9.17, 15) is 9.59 Å². The first-order chi connectivity index (χ1) is 12.7. The monoisotopic (exact) mass is 395 g/mol. The Labute approximate surface area is 165 Å². The molecule has 2 N–H and O–H groups in total. The van der Waals surface area contributed by atoms with E-state index in [1.54, 1.807) is 18.2 Å². The van der Waals surface area contributed by atoms with Crippen LogP contribution in [0.5, 0.6) is 11.5 Å². The van der Waals surface area contributed by atoms with Crippen LogP contribution in [0, 0.1) is 5.92 Å². The van der Waals surface area contributed by atoms with Gasteiger partial charge in [-0.1, -0.05) is 0 Å². The molecule has 0 unspecified atom stereocenters. The molecule has 0 aliphatic carbocycles. The van der Waals surface area contributed by atoms with Crippen molar-refractivity contribution in [1.29, 1.82) is 0 Å². The number of rotatable bonds is 3. The number of hydrogen-bond acceptors (Lipinski definition) is 5. The first-order valence-electron chi connectivity index (χ1n) is 9.36. The molecule has 1 aromatic rings. The average Bonchev–Trinajstić information content (AvgIpc) is 2.69. The van der Waals surface area contributed by atoms with Gasteiger partial charge in [-0.3, -0.25) is 9.59 Å². The highest BCUT2D eigenvalue weighted by molar-refractivity contribution is 5.95. The van der Waals surface area contributed by atoms with Gasteiger partial charge in [0.1, 0.15) is 13.2 Å². The molecule has 2 saturated heterocycles. The smallest absolute Gasteiger partial charge is 0.254 e. The lowest BCUT2D eigenvalue weighted by molar-refractivity contribution is -0.140. The van der Waals surface area contributed by atoms with Crippen LogP contribution in [-0.4, -0.2) is 67.0 Å². The van der Waals surface area contributed by atoms with E-state index in [0.717, 1.165) is 12.8 Å². The quantitative estimate of drug-likeness (QED) is 0.833. The van der Waals surface area contributed by atoms with Crippen LogP contribution in [0.25, 0.3) is 0 Å². The molecule has 0 spiro atoms. The predicted octanol–water partition coefficient (Wildman–Crippen LogP) is 1.29. The molecule has 0 bridgehead atoms. The largest absolute Gasteiger partial charge is 0.486 e. The normalized spacial score (nSPS) is 24.1. The maximum Gasteiger partial charge on any atom is 0.254 e. The fraction of sp³-hybridized carbons (Fsp3) is 0.579. The number of nitrogens with two attached hydrogens (primary N) is 1. The van der Waals surface area contributed by atoms with Gasteiger partial charge in [0, 0.05) is 44.2 Å². The number of nitrogens with zero attached hydrogens (tertiary/aromatic N) is 2. The summed E-state index contributed by atoms with van der Waals surface area (Å²) < 4.78 is 11.1. The van der Waals surface area contributed by atoms with Gasteiger partial charge in [0.2, 0.25) is 5.91 Å². The molecular weight excluding hydrogens is 370 g/mol. The van der Waals surface area contributed by atoms with Crippen molar-refractivity contribution in [3.05, 3.63) is 23.8 Å². The number of carbonyl (C=O) groups is 2. The fourth-order valence-corrected chi connectivity index (χ4v) is 4.32.